The summed E-state index contributed by atoms with van der Waals surface area (Å²) in [6, 6.07) is 0. The van der Waals surface area contributed by atoms with Crippen molar-refractivity contribution in [2.24, 2.45) is 5.92 Å². The zero-order chi connectivity index (χ0) is 13.1. The van der Waals surface area contributed by atoms with Gasteiger partial charge in [-0.15, -0.1) is 5.10 Å². The second kappa shape index (κ2) is 5.29. The maximum absolute atomic E-state index is 10.9. The van der Waals surface area contributed by atoms with Crippen LogP contribution >= 0.6 is 0 Å². The molecule has 6 nitrogen and oxygen atoms in total. The monoisotopic (exact) mass is 250 g/mol. The summed E-state index contributed by atoms with van der Waals surface area (Å²) in [6.45, 7) is 5.23. The van der Waals surface area contributed by atoms with Crippen LogP contribution in [0.5, 0.6) is 0 Å². The summed E-state index contributed by atoms with van der Waals surface area (Å²) < 4.78 is 0. The van der Waals surface area contributed by atoms with E-state index in [1.54, 1.807) is 0 Å². The van der Waals surface area contributed by atoms with Crippen molar-refractivity contribution in [1.29, 1.82) is 0 Å². The maximum atomic E-state index is 10.9. The molecular weight excluding hydrogens is 232 g/mol. The van der Waals surface area contributed by atoms with Crippen LogP contribution in [0.25, 0.3) is 0 Å². The molecule has 1 atom stereocenters. The quantitative estimate of drug-likeness (QED) is 0.855. The summed E-state index contributed by atoms with van der Waals surface area (Å²) in [7, 11) is 0. The molecule has 0 bridgehead atoms. The van der Waals surface area contributed by atoms with Gasteiger partial charge in [-0.25, -0.2) is 4.98 Å². The van der Waals surface area contributed by atoms with Gasteiger partial charge in [-0.05, 0) is 19.3 Å². The molecule has 1 saturated heterocycles. The van der Waals surface area contributed by atoms with E-state index in [1.807, 2.05) is 18.7 Å². The van der Waals surface area contributed by atoms with E-state index in [-0.39, 0.29) is 5.92 Å². The standard InChI is InChI=1S/C12H18N4O2/c1-3-9-10(4-2)14-15-12(13-9)16-6-5-8(7-16)11(17)18/h8H,3-7H2,1-2H3,(H,17,18). The Morgan fingerprint density at radius 2 is 2.06 bits per heavy atom. The van der Waals surface area contributed by atoms with Crippen LogP contribution in [-0.4, -0.2) is 39.3 Å². The lowest BCUT2D eigenvalue weighted by Crippen LogP contribution is -2.25. The minimum Gasteiger partial charge on any atom is -0.481 e. The van der Waals surface area contributed by atoms with Crippen LogP contribution in [-0.2, 0) is 17.6 Å². The molecule has 2 heterocycles. The molecule has 0 amide bonds. The van der Waals surface area contributed by atoms with E-state index in [0.29, 0.717) is 25.5 Å². The van der Waals surface area contributed by atoms with Gasteiger partial charge in [0.15, 0.2) is 0 Å². The maximum Gasteiger partial charge on any atom is 0.308 e. The lowest BCUT2D eigenvalue weighted by Gasteiger charge is -2.16. The van der Waals surface area contributed by atoms with Crippen molar-refractivity contribution in [2.75, 3.05) is 18.0 Å². The van der Waals surface area contributed by atoms with Crippen LogP contribution in [0.3, 0.4) is 0 Å². The molecule has 1 aromatic rings. The largest absolute Gasteiger partial charge is 0.481 e. The summed E-state index contributed by atoms with van der Waals surface area (Å²) in [5, 5.41) is 17.3. The van der Waals surface area contributed by atoms with E-state index in [4.69, 9.17) is 5.11 Å². The molecule has 98 valence electrons. The van der Waals surface area contributed by atoms with Crippen LogP contribution in [0.2, 0.25) is 0 Å². The summed E-state index contributed by atoms with van der Waals surface area (Å²) in [5.41, 5.74) is 1.89. The summed E-state index contributed by atoms with van der Waals surface area (Å²) in [4.78, 5) is 17.3. The molecule has 6 heteroatoms. The molecule has 18 heavy (non-hydrogen) atoms. The van der Waals surface area contributed by atoms with E-state index >= 15 is 0 Å². The number of nitrogens with zero attached hydrogens (tertiary/aromatic N) is 4. The first-order valence-electron chi connectivity index (χ1n) is 6.35. The topological polar surface area (TPSA) is 79.2 Å². The van der Waals surface area contributed by atoms with Crippen molar-refractivity contribution in [3.8, 4) is 0 Å². The number of carboxylic acid groups (broad SMARTS) is 1. The number of aryl methyl sites for hydroxylation is 2. The Balaban J connectivity index is 2.17. The number of hydrogen-bond acceptors (Lipinski definition) is 5. The molecular formula is C12H18N4O2. The summed E-state index contributed by atoms with van der Waals surface area (Å²) in [6.07, 6.45) is 2.29. The predicted octanol–water partition coefficient (Wildman–Crippen LogP) is 0.907. The van der Waals surface area contributed by atoms with Gasteiger partial charge in [0.2, 0.25) is 5.95 Å². The third-order valence-corrected chi connectivity index (χ3v) is 3.32. The Labute approximate surface area is 106 Å². The Morgan fingerprint density at radius 1 is 1.33 bits per heavy atom. The molecule has 1 fully saturated rings. The Kier molecular flexibility index (Phi) is 3.74. The third kappa shape index (κ3) is 2.42. The van der Waals surface area contributed by atoms with E-state index in [9.17, 15) is 4.79 Å². The van der Waals surface area contributed by atoms with Gasteiger partial charge in [-0.3, -0.25) is 4.79 Å². The number of aromatic nitrogens is 3. The molecule has 1 aliphatic rings. The van der Waals surface area contributed by atoms with Crippen molar-refractivity contribution in [1.82, 2.24) is 15.2 Å². The van der Waals surface area contributed by atoms with Gasteiger partial charge in [-0.2, -0.15) is 5.10 Å². The van der Waals surface area contributed by atoms with Crippen LogP contribution < -0.4 is 4.90 Å². The van der Waals surface area contributed by atoms with Crippen LogP contribution in [0.1, 0.15) is 31.7 Å². The summed E-state index contributed by atoms with van der Waals surface area (Å²) >= 11 is 0. The Bertz CT molecular complexity index is 450. The molecule has 0 saturated carbocycles. The highest BCUT2D eigenvalue weighted by Gasteiger charge is 2.29. The molecule has 1 N–H and O–H groups in total. The zero-order valence-corrected chi connectivity index (χ0v) is 10.8. The lowest BCUT2D eigenvalue weighted by molar-refractivity contribution is -0.140. The highest BCUT2D eigenvalue weighted by molar-refractivity contribution is 5.71. The first-order valence-corrected chi connectivity index (χ1v) is 6.35. The van der Waals surface area contributed by atoms with Crippen molar-refractivity contribution < 1.29 is 9.90 Å². The van der Waals surface area contributed by atoms with Gasteiger partial charge < -0.3 is 10.0 Å². The lowest BCUT2D eigenvalue weighted by atomic mass is 10.1. The summed E-state index contributed by atoms with van der Waals surface area (Å²) in [5.74, 6) is -0.497. The highest BCUT2D eigenvalue weighted by atomic mass is 16.4. The number of aliphatic carboxylic acids is 1. The molecule has 2 rings (SSSR count). The SMILES string of the molecule is CCc1nnc(N2CCC(C(=O)O)C2)nc1CC. The first-order chi connectivity index (χ1) is 8.65. The third-order valence-electron chi connectivity index (χ3n) is 3.32. The van der Waals surface area contributed by atoms with Gasteiger partial charge in [0.05, 0.1) is 17.3 Å². The van der Waals surface area contributed by atoms with Crippen molar-refractivity contribution in [3.63, 3.8) is 0 Å². The normalized spacial score (nSPS) is 19.2. The smallest absolute Gasteiger partial charge is 0.308 e. The fraction of sp³-hybridized carbons (Fsp3) is 0.667. The molecule has 1 aromatic heterocycles. The average Bonchev–Trinajstić information content (AvgIpc) is 2.87. The highest BCUT2D eigenvalue weighted by Crippen LogP contribution is 2.21. The average molecular weight is 250 g/mol. The fourth-order valence-electron chi connectivity index (χ4n) is 2.21. The van der Waals surface area contributed by atoms with Crippen LogP contribution in [0.15, 0.2) is 0 Å². The molecule has 1 unspecified atom stereocenters. The predicted molar refractivity (Wildman–Crippen MR) is 66.5 cm³/mol. The van der Waals surface area contributed by atoms with E-state index in [0.717, 1.165) is 24.2 Å². The minimum atomic E-state index is -0.744. The van der Waals surface area contributed by atoms with E-state index in [1.165, 1.54) is 0 Å². The van der Waals surface area contributed by atoms with Gasteiger partial charge in [-0.1, -0.05) is 13.8 Å². The number of anilines is 1. The first kappa shape index (κ1) is 12.7. The number of carbonyl (C=O) groups is 1. The van der Waals surface area contributed by atoms with Gasteiger partial charge in [0.25, 0.3) is 0 Å². The van der Waals surface area contributed by atoms with Gasteiger partial charge in [0.1, 0.15) is 0 Å². The minimum absolute atomic E-state index is 0.315. The van der Waals surface area contributed by atoms with E-state index < -0.39 is 5.97 Å². The van der Waals surface area contributed by atoms with Gasteiger partial charge in [0, 0.05) is 13.1 Å². The molecule has 0 aromatic carbocycles. The second-order valence-corrected chi connectivity index (χ2v) is 4.48. The van der Waals surface area contributed by atoms with Crippen molar-refractivity contribution in [3.05, 3.63) is 11.4 Å². The van der Waals surface area contributed by atoms with Crippen molar-refractivity contribution in [2.45, 2.75) is 33.1 Å². The van der Waals surface area contributed by atoms with E-state index in [2.05, 4.69) is 15.2 Å². The molecule has 0 aliphatic carbocycles. The fourth-order valence-corrected chi connectivity index (χ4v) is 2.21. The van der Waals surface area contributed by atoms with Crippen LogP contribution in [0.4, 0.5) is 5.95 Å². The Hall–Kier alpha value is -1.72. The second-order valence-electron chi connectivity index (χ2n) is 4.48. The van der Waals surface area contributed by atoms with Crippen LogP contribution in [0, 0.1) is 5.92 Å². The van der Waals surface area contributed by atoms with Gasteiger partial charge >= 0.3 is 5.97 Å². The number of rotatable bonds is 4. The Morgan fingerprint density at radius 3 is 2.61 bits per heavy atom. The number of hydrogen-bond donors (Lipinski definition) is 1. The molecule has 1 aliphatic heterocycles. The number of carboxylic acids is 1. The molecule has 0 radical (unpaired) electrons. The molecule has 0 spiro atoms. The zero-order valence-electron chi connectivity index (χ0n) is 10.8. The van der Waals surface area contributed by atoms with Crippen molar-refractivity contribution >= 4 is 11.9 Å².